The Morgan fingerprint density at radius 2 is 1.73 bits per heavy atom. The summed E-state index contributed by atoms with van der Waals surface area (Å²) in [4.78, 5) is 23.8. The standard InChI is InChI=1S/C21H25NO4/c1-5-25-20(24)15-7-6-8-17(13-15)22-19(23)14-26-18-11-9-16(10-12-18)21(2,3)4/h6-13H,5,14H2,1-4H3,(H,22,23). The quantitative estimate of drug-likeness (QED) is 0.790. The van der Waals surface area contributed by atoms with Gasteiger partial charge in [-0.05, 0) is 48.2 Å². The number of carbonyl (C=O) groups is 2. The summed E-state index contributed by atoms with van der Waals surface area (Å²) >= 11 is 0. The summed E-state index contributed by atoms with van der Waals surface area (Å²) in [5.74, 6) is -0.0851. The molecule has 2 rings (SSSR count). The van der Waals surface area contributed by atoms with Crippen LogP contribution in [-0.4, -0.2) is 25.1 Å². The van der Waals surface area contributed by atoms with Crippen molar-refractivity contribution in [2.24, 2.45) is 0 Å². The molecule has 26 heavy (non-hydrogen) atoms. The van der Waals surface area contributed by atoms with Crippen LogP contribution in [0.25, 0.3) is 0 Å². The van der Waals surface area contributed by atoms with E-state index in [1.807, 2.05) is 24.3 Å². The molecule has 2 aromatic carbocycles. The molecule has 1 N–H and O–H groups in total. The molecule has 0 atom stereocenters. The molecule has 0 saturated carbocycles. The Hall–Kier alpha value is -2.82. The van der Waals surface area contributed by atoms with Gasteiger partial charge in [-0.15, -0.1) is 0 Å². The summed E-state index contributed by atoms with van der Waals surface area (Å²) in [6, 6.07) is 14.3. The lowest BCUT2D eigenvalue weighted by atomic mass is 9.87. The van der Waals surface area contributed by atoms with Gasteiger partial charge < -0.3 is 14.8 Å². The highest BCUT2D eigenvalue weighted by molar-refractivity contribution is 5.95. The Balaban J connectivity index is 1.91. The molecule has 0 aliphatic heterocycles. The Bertz CT molecular complexity index is 760. The van der Waals surface area contributed by atoms with Gasteiger partial charge >= 0.3 is 5.97 Å². The van der Waals surface area contributed by atoms with Gasteiger partial charge in [-0.2, -0.15) is 0 Å². The van der Waals surface area contributed by atoms with Gasteiger partial charge in [0.25, 0.3) is 5.91 Å². The fraction of sp³-hybridized carbons (Fsp3) is 0.333. The predicted molar refractivity (Wildman–Crippen MR) is 102 cm³/mol. The molecule has 2 aromatic rings. The van der Waals surface area contributed by atoms with E-state index in [1.165, 1.54) is 5.56 Å². The Morgan fingerprint density at radius 3 is 2.35 bits per heavy atom. The summed E-state index contributed by atoms with van der Waals surface area (Å²) in [6.45, 7) is 8.35. The number of carbonyl (C=O) groups excluding carboxylic acids is 2. The smallest absolute Gasteiger partial charge is 0.338 e. The number of esters is 1. The van der Waals surface area contributed by atoms with Crippen molar-refractivity contribution in [2.75, 3.05) is 18.5 Å². The van der Waals surface area contributed by atoms with Crippen molar-refractivity contribution in [1.29, 1.82) is 0 Å². The first kappa shape index (κ1) is 19.5. The summed E-state index contributed by atoms with van der Waals surface area (Å²) < 4.78 is 10.5. The van der Waals surface area contributed by atoms with Gasteiger partial charge in [-0.1, -0.05) is 39.0 Å². The third kappa shape index (κ3) is 5.62. The van der Waals surface area contributed by atoms with Gasteiger partial charge in [-0.25, -0.2) is 4.79 Å². The Labute approximate surface area is 154 Å². The minimum atomic E-state index is -0.418. The fourth-order valence-corrected chi connectivity index (χ4v) is 2.34. The van der Waals surface area contributed by atoms with Gasteiger partial charge in [-0.3, -0.25) is 4.79 Å². The highest BCUT2D eigenvalue weighted by Gasteiger charge is 2.13. The highest BCUT2D eigenvalue weighted by atomic mass is 16.5. The third-order valence-electron chi connectivity index (χ3n) is 3.75. The number of nitrogens with one attached hydrogen (secondary N) is 1. The molecule has 0 radical (unpaired) electrons. The van der Waals surface area contributed by atoms with E-state index in [1.54, 1.807) is 31.2 Å². The van der Waals surface area contributed by atoms with E-state index in [-0.39, 0.29) is 17.9 Å². The van der Waals surface area contributed by atoms with Gasteiger partial charge in [0.05, 0.1) is 12.2 Å². The average molecular weight is 355 g/mol. The Morgan fingerprint density at radius 1 is 1.04 bits per heavy atom. The van der Waals surface area contributed by atoms with Crippen LogP contribution >= 0.6 is 0 Å². The van der Waals surface area contributed by atoms with Gasteiger partial charge in [0.2, 0.25) is 0 Å². The average Bonchev–Trinajstić information content (AvgIpc) is 2.60. The van der Waals surface area contributed by atoms with Crippen LogP contribution in [0.3, 0.4) is 0 Å². The van der Waals surface area contributed by atoms with E-state index in [0.29, 0.717) is 23.6 Å². The lowest BCUT2D eigenvalue weighted by molar-refractivity contribution is -0.118. The van der Waals surface area contributed by atoms with Crippen LogP contribution in [0.15, 0.2) is 48.5 Å². The molecule has 0 fully saturated rings. The molecule has 0 saturated heterocycles. The molecular weight excluding hydrogens is 330 g/mol. The molecule has 0 aliphatic rings. The topological polar surface area (TPSA) is 64.6 Å². The molecule has 5 heteroatoms. The minimum absolute atomic E-state index is 0.0693. The first-order valence-electron chi connectivity index (χ1n) is 8.60. The number of hydrogen-bond acceptors (Lipinski definition) is 4. The third-order valence-corrected chi connectivity index (χ3v) is 3.75. The molecule has 0 aliphatic carbocycles. The van der Waals surface area contributed by atoms with E-state index in [9.17, 15) is 9.59 Å². The number of anilines is 1. The van der Waals surface area contributed by atoms with Crippen LogP contribution in [0, 0.1) is 0 Å². The SMILES string of the molecule is CCOC(=O)c1cccc(NC(=O)COc2ccc(C(C)(C)C)cc2)c1. The lowest BCUT2D eigenvalue weighted by Crippen LogP contribution is -2.20. The van der Waals surface area contributed by atoms with Crippen LogP contribution < -0.4 is 10.1 Å². The second kappa shape index (κ2) is 8.52. The van der Waals surface area contributed by atoms with Crippen LogP contribution in [0.2, 0.25) is 0 Å². The maximum absolute atomic E-state index is 12.1. The number of amides is 1. The second-order valence-electron chi connectivity index (χ2n) is 6.91. The summed E-state index contributed by atoms with van der Waals surface area (Å²) in [6.07, 6.45) is 0. The van der Waals surface area contributed by atoms with Crippen molar-refractivity contribution in [3.63, 3.8) is 0 Å². The second-order valence-corrected chi connectivity index (χ2v) is 6.91. The number of hydrogen-bond donors (Lipinski definition) is 1. The predicted octanol–water partition coefficient (Wildman–Crippen LogP) is 4.18. The van der Waals surface area contributed by atoms with Crippen LogP contribution in [0.1, 0.15) is 43.6 Å². The van der Waals surface area contributed by atoms with Gasteiger partial charge in [0.1, 0.15) is 5.75 Å². The van der Waals surface area contributed by atoms with Crippen LogP contribution in [-0.2, 0) is 14.9 Å². The van der Waals surface area contributed by atoms with E-state index >= 15 is 0 Å². The first-order chi connectivity index (χ1) is 12.3. The zero-order valence-corrected chi connectivity index (χ0v) is 15.7. The summed E-state index contributed by atoms with van der Waals surface area (Å²) in [5.41, 5.74) is 2.18. The molecule has 0 heterocycles. The van der Waals surface area contributed by atoms with Gasteiger partial charge in [0, 0.05) is 5.69 Å². The number of benzene rings is 2. The van der Waals surface area contributed by atoms with E-state index in [4.69, 9.17) is 9.47 Å². The van der Waals surface area contributed by atoms with Crippen molar-refractivity contribution in [3.05, 3.63) is 59.7 Å². The van der Waals surface area contributed by atoms with E-state index in [0.717, 1.165) is 0 Å². The molecule has 138 valence electrons. The largest absolute Gasteiger partial charge is 0.484 e. The zero-order valence-electron chi connectivity index (χ0n) is 15.7. The van der Waals surface area contributed by atoms with Gasteiger partial charge in [0.15, 0.2) is 6.61 Å². The van der Waals surface area contributed by atoms with Crippen molar-refractivity contribution in [3.8, 4) is 5.75 Å². The monoisotopic (exact) mass is 355 g/mol. The number of ether oxygens (including phenoxy) is 2. The normalized spacial score (nSPS) is 10.9. The summed E-state index contributed by atoms with van der Waals surface area (Å²) in [7, 11) is 0. The van der Waals surface area contributed by atoms with Crippen LogP contribution in [0.4, 0.5) is 5.69 Å². The Kier molecular flexibility index (Phi) is 6.39. The highest BCUT2D eigenvalue weighted by Crippen LogP contribution is 2.24. The molecule has 5 nitrogen and oxygen atoms in total. The van der Waals surface area contributed by atoms with Crippen molar-refractivity contribution in [2.45, 2.75) is 33.1 Å². The lowest BCUT2D eigenvalue weighted by Gasteiger charge is -2.19. The molecule has 0 aromatic heterocycles. The van der Waals surface area contributed by atoms with Crippen LogP contribution in [0.5, 0.6) is 5.75 Å². The molecule has 0 bridgehead atoms. The summed E-state index contributed by atoms with van der Waals surface area (Å²) in [5, 5.41) is 2.71. The van der Waals surface area contributed by atoms with Crippen molar-refractivity contribution < 1.29 is 19.1 Å². The molecule has 0 spiro atoms. The first-order valence-corrected chi connectivity index (χ1v) is 8.60. The van der Waals surface area contributed by atoms with E-state index < -0.39 is 5.97 Å². The molecular formula is C21H25NO4. The molecule has 1 amide bonds. The molecule has 0 unspecified atom stereocenters. The maximum Gasteiger partial charge on any atom is 0.338 e. The zero-order chi connectivity index (χ0) is 19.2. The van der Waals surface area contributed by atoms with Crippen molar-refractivity contribution >= 4 is 17.6 Å². The van der Waals surface area contributed by atoms with Crippen molar-refractivity contribution in [1.82, 2.24) is 0 Å². The minimum Gasteiger partial charge on any atom is -0.484 e. The maximum atomic E-state index is 12.1. The number of rotatable bonds is 6. The van der Waals surface area contributed by atoms with E-state index in [2.05, 4.69) is 26.1 Å². The fourth-order valence-electron chi connectivity index (χ4n) is 2.34.